The third-order valence-electron chi connectivity index (χ3n) is 10.4. The van der Waals surface area contributed by atoms with Crippen molar-refractivity contribution in [2.45, 2.75) is 55.3 Å². The average molecular weight is 688 g/mol. The molecule has 0 aliphatic carbocycles. The van der Waals surface area contributed by atoms with Gasteiger partial charge in [0.15, 0.2) is 0 Å². The number of hydrogen-bond donors (Lipinski definition) is 0. The summed E-state index contributed by atoms with van der Waals surface area (Å²) >= 11 is 0. The lowest BCUT2D eigenvalue weighted by atomic mass is 9.82. The second-order valence-corrected chi connectivity index (χ2v) is 13.4. The topological polar surface area (TPSA) is 108 Å². The number of piperidine rings is 2. The normalized spacial score (nSPS) is 24.2. The number of amides is 1. The SMILES string of the molecule is COC(C(=O)N1C2CC1CN(c1ccc(-c3cc(OCCCN4CC5CC(C4)O5)cn4ncc(C#N)c34)cn1)C2)(c1ccccc1)C(F)(F)F. The maximum Gasteiger partial charge on any atom is 0.430 e. The first kappa shape index (κ1) is 32.5. The number of pyridine rings is 2. The smallest absolute Gasteiger partial charge is 0.430 e. The van der Waals surface area contributed by atoms with Crippen molar-refractivity contribution >= 4 is 17.2 Å². The van der Waals surface area contributed by atoms with Gasteiger partial charge in [-0.25, -0.2) is 9.50 Å². The van der Waals surface area contributed by atoms with E-state index in [-0.39, 0.29) is 5.56 Å². The first-order valence-electron chi connectivity index (χ1n) is 16.8. The summed E-state index contributed by atoms with van der Waals surface area (Å²) < 4.78 is 62.4. The zero-order valence-corrected chi connectivity index (χ0v) is 27.4. The Kier molecular flexibility index (Phi) is 8.16. The van der Waals surface area contributed by atoms with Crippen molar-refractivity contribution in [3.8, 4) is 22.9 Å². The molecule has 11 nitrogen and oxygen atoms in total. The average Bonchev–Trinajstić information content (AvgIpc) is 3.53. The molecule has 14 heteroatoms. The van der Waals surface area contributed by atoms with Crippen LogP contribution in [0.1, 0.15) is 30.4 Å². The number of rotatable bonds is 10. The lowest BCUT2D eigenvalue weighted by Crippen LogP contribution is -2.74. The number of carbonyl (C=O) groups excluding carboxylic acids is 1. The van der Waals surface area contributed by atoms with Crippen molar-refractivity contribution in [3.63, 3.8) is 0 Å². The number of fused-ring (bicyclic) bond motifs is 5. The van der Waals surface area contributed by atoms with Gasteiger partial charge in [0.1, 0.15) is 17.6 Å². The molecule has 0 spiro atoms. The molecule has 10 rings (SSSR count). The molecule has 0 radical (unpaired) electrons. The van der Waals surface area contributed by atoms with Gasteiger partial charge in [0, 0.05) is 69.1 Å². The summed E-state index contributed by atoms with van der Waals surface area (Å²) in [6, 6.07) is 14.1. The Hall–Kier alpha value is -4.71. The molecule has 260 valence electrons. The highest BCUT2D eigenvalue weighted by Gasteiger charge is 2.66. The van der Waals surface area contributed by atoms with Gasteiger partial charge in [-0.05, 0) is 31.0 Å². The quantitative estimate of drug-likeness (QED) is 0.224. The minimum atomic E-state index is -4.96. The monoisotopic (exact) mass is 687 g/mol. The molecule has 1 aromatic carbocycles. The molecule has 0 N–H and O–H groups in total. The van der Waals surface area contributed by atoms with Gasteiger partial charge in [0.25, 0.3) is 11.5 Å². The Morgan fingerprint density at radius 2 is 1.78 bits per heavy atom. The zero-order chi connectivity index (χ0) is 34.6. The Morgan fingerprint density at radius 3 is 2.42 bits per heavy atom. The molecule has 6 saturated heterocycles. The molecule has 9 heterocycles. The molecule has 50 heavy (non-hydrogen) atoms. The summed E-state index contributed by atoms with van der Waals surface area (Å²) in [6.45, 7) is 4.07. The van der Waals surface area contributed by atoms with E-state index in [1.54, 1.807) is 23.0 Å². The molecular formula is C36H36F3N7O4. The van der Waals surface area contributed by atoms with Gasteiger partial charge in [-0.2, -0.15) is 23.5 Å². The second kappa shape index (κ2) is 12.6. The fraction of sp³-hybridized carbons (Fsp3) is 0.444. The fourth-order valence-electron chi connectivity index (χ4n) is 8.02. The number of halogens is 3. The van der Waals surface area contributed by atoms with Gasteiger partial charge in [-0.15, -0.1) is 0 Å². The maximum absolute atomic E-state index is 14.6. The summed E-state index contributed by atoms with van der Waals surface area (Å²) in [7, 11) is 0.930. The van der Waals surface area contributed by atoms with Gasteiger partial charge >= 0.3 is 6.18 Å². The van der Waals surface area contributed by atoms with Gasteiger partial charge in [-0.3, -0.25) is 9.69 Å². The second-order valence-electron chi connectivity index (χ2n) is 13.4. The van der Waals surface area contributed by atoms with Crippen LogP contribution in [0.15, 0.2) is 67.1 Å². The number of aromatic nitrogens is 3. The molecule has 1 amide bonds. The van der Waals surface area contributed by atoms with Crippen molar-refractivity contribution in [2.75, 3.05) is 51.3 Å². The van der Waals surface area contributed by atoms with Gasteiger partial charge in [0.2, 0.25) is 0 Å². The van der Waals surface area contributed by atoms with Gasteiger partial charge in [-0.1, -0.05) is 30.3 Å². The van der Waals surface area contributed by atoms with E-state index in [2.05, 4.69) is 16.1 Å². The van der Waals surface area contributed by atoms with Crippen molar-refractivity contribution < 1.29 is 32.2 Å². The van der Waals surface area contributed by atoms with Crippen LogP contribution < -0.4 is 9.64 Å². The van der Waals surface area contributed by atoms with E-state index in [0.717, 1.165) is 50.7 Å². The Balaban J connectivity index is 0.970. The molecule has 6 aliphatic heterocycles. The molecule has 5 unspecified atom stereocenters. The number of nitriles is 1. The minimum absolute atomic E-state index is 0.246. The van der Waals surface area contributed by atoms with Gasteiger partial charge in [0.05, 0.1) is 54.4 Å². The van der Waals surface area contributed by atoms with Crippen molar-refractivity contribution in [1.29, 1.82) is 5.26 Å². The fourth-order valence-corrected chi connectivity index (χ4v) is 8.02. The summed E-state index contributed by atoms with van der Waals surface area (Å²) in [5.41, 5.74) is -0.777. The van der Waals surface area contributed by atoms with Crippen LogP contribution in [0.4, 0.5) is 19.0 Å². The molecule has 3 aromatic heterocycles. The minimum Gasteiger partial charge on any atom is -0.492 e. The van der Waals surface area contributed by atoms with E-state index >= 15 is 0 Å². The molecule has 6 fully saturated rings. The number of methoxy groups -OCH3 is 1. The Bertz CT molecular complexity index is 1900. The van der Waals surface area contributed by atoms with Crippen LogP contribution in [0.25, 0.3) is 16.6 Å². The Labute approximate surface area is 286 Å². The van der Waals surface area contributed by atoms with Crippen LogP contribution in [-0.2, 0) is 19.9 Å². The van der Waals surface area contributed by atoms with E-state index in [0.29, 0.717) is 61.0 Å². The number of ether oxygens (including phenoxy) is 3. The number of benzene rings is 1. The summed E-state index contributed by atoms with van der Waals surface area (Å²) in [5.74, 6) is 0.169. The van der Waals surface area contributed by atoms with E-state index in [9.17, 15) is 23.2 Å². The maximum atomic E-state index is 14.6. The van der Waals surface area contributed by atoms with Crippen molar-refractivity contribution in [2.24, 2.45) is 0 Å². The highest BCUT2D eigenvalue weighted by atomic mass is 19.4. The highest BCUT2D eigenvalue weighted by Crippen LogP contribution is 2.47. The third kappa shape index (κ3) is 5.44. The zero-order valence-electron chi connectivity index (χ0n) is 27.4. The standard InChI is InChI=1S/C36H36F3N7O4/c1-48-35(36(37,38)39,25-6-3-2-4-7-25)34(47)46-26-12-27(46)19-44(18-26)32-9-8-23(16-41-32)31-14-28(22-45-33(31)24(15-40)17-42-45)49-11-5-10-43-20-29-13-30(21-43)50-29/h2-4,6-9,14,16-17,22,26-27,29-30H,5,10-13,18-21H2,1H3. The van der Waals surface area contributed by atoms with Gasteiger partial charge < -0.3 is 24.0 Å². The number of hydrogen-bond acceptors (Lipinski definition) is 9. The summed E-state index contributed by atoms with van der Waals surface area (Å²) in [6.07, 6.45) is 3.41. The summed E-state index contributed by atoms with van der Waals surface area (Å²) in [5, 5.41) is 14.2. The van der Waals surface area contributed by atoms with Crippen LogP contribution in [0, 0.1) is 11.3 Å². The van der Waals surface area contributed by atoms with Crippen LogP contribution in [-0.4, -0.2) is 107 Å². The molecular weight excluding hydrogens is 651 g/mol. The van der Waals surface area contributed by atoms with E-state index in [1.807, 2.05) is 23.1 Å². The third-order valence-corrected chi connectivity index (χ3v) is 10.4. The van der Waals surface area contributed by atoms with E-state index in [4.69, 9.17) is 19.2 Å². The first-order chi connectivity index (χ1) is 24.2. The number of morpholine rings is 1. The van der Waals surface area contributed by atoms with Crippen molar-refractivity contribution in [1.82, 2.24) is 24.4 Å². The van der Waals surface area contributed by atoms with Crippen molar-refractivity contribution in [3.05, 3.63) is 78.2 Å². The molecule has 0 saturated carbocycles. The van der Waals surface area contributed by atoms with Crippen LogP contribution in [0.5, 0.6) is 5.75 Å². The van der Waals surface area contributed by atoms with Crippen LogP contribution >= 0.6 is 0 Å². The number of nitrogens with zero attached hydrogens (tertiary/aromatic N) is 7. The van der Waals surface area contributed by atoms with E-state index < -0.39 is 29.8 Å². The lowest BCUT2D eigenvalue weighted by Gasteiger charge is -2.58. The number of anilines is 1. The highest BCUT2D eigenvalue weighted by molar-refractivity contribution is 5.89. The largest absolute Gasteiger partial charge is 0.492 e. The van der Waals surface area contributed by atoms with Crippen LogP contribution in [0.2, 0.25) is 0 Å². The molecule has 4 aromatic rings. The Morgan fingerprint density at radius 1 is 1.04 bits per heavy atom. The number of piperazine rings is 1. The van der Waals surface area contributed by atoms with Crippen LogP contribution in [0.3, 0.4) is 0 Å². The molecule has 6 aliphatic rings. The summed E-state index contributed by atoms with van der Waals surface area (Å²) in [4.78, 5) is 24.2. The first-order valence-corrected chi connectivity index (χ1v) is 16.8. The molecule has 4 bridgehead atoms. The van der Waals surface area contributed by atoms with E-state index in [1.165, 1.54) is 35.4 Å². The lowest BCUT2D eigenvalue weighted by molar-refractivity contribution is -0.275. The number of carbonyl (C=O) groups is 1. The predicted octanol–water partition coefficient (Wildman–Crippen LogP) is 4.40. The number of alkyl halides is 3. The predicted molar refractivity (Wildman–Crippen MR) is 175 cm³/mol. The molecule has 5 atom stereocenters.